The molecular weight excluding hydrogens is 206 g/mol. The van der Waals surface area contributed by atoms with Crippen LogP contribution in [0.25, 0.3) is 0 Å². The minimum Gasteiger partial charge on any atom is -0.394 e. The molecule has 2 N–H and O–H groups in total. The van der Waals surface area contributed by atoms with Gasteiger partial charge in [0.2, 0.25) is 0 Å². The minimum absolute atomic E-state index is 0.161. The second-order valence-corrected chi connectivity index (χ2v) is 5.64. The number of ether oxygens (including phenoxy) is 2. The van der Waals surface area contributed by atoms with Gasteiger partial charge in [-0.1, -0.05) is 0 Å². The van der Waals surface area contributed by atoms with E-state index in [1.165, 1.54) is 12.8 Å². The van der Waals surface area contributed by atoms with Gasteiger partial charge in [-0.2, -0.15) is 0 Å². The molecule has 2 rings (SSSR count). The van der Waals surface area contributed by atoms with Crippen molar-refractivity contribution in [3.8, 4) is 0 Å². The van der Waals surface area contributed by atoms with Crippen LogP contribution in [-0.4, -0.2) is 49.7 Å². The smallest absolute Gasteiger partial charge is 0.0887 e. The minimum atomic E-state index is -0.173. The van der Waals surface area contributed by atoms with Gasteiger partial charge in [-0.15, -0.1) is 0 Å². The predicted octanol–water partition coefficient (Wildman–Crippen LogP) is 0.542. The van der Waals surface area contributed by atoms with Gasteiger partial charge in [-0.3, -0.25) is 0 Å². The van der Waals surface area contributed by atoms with Crippen LogP contribution in [0.2, 0.25) is 0 Å². The van der Waals surface area contributed by atoms with Gasteiger partial charge in [0, 0.05) is 12.0 Å². The fraction of sp³-hybridized carbons (Fsp3) is 1.00. The maximum atomic E-state index is 9.30. The van der Waals surface area contributed by atoms with Gasteiger partial charge < -0.3 is 19.9 Å². The Hall–Kier alpha value is -0.160. The van der Waals surface area contributed by atoms with Crippen LogP contribution in [0.3, 0.4) is 0 Å². The Morgan fingerprint density at radius 1 is 1.38 bits per heavy atom. The van der Waals surface area contributed by atoms with Crippen molar-refractivity contribution in [1.29, 1.82) is 0 Å². The van der Waals surface area contributed by atoms with Gasteiger partial charge in [-0.25, -0.2) is 0 Å². The molecule has 4 nitrogen and oxygen atoms in total. The lowest BCUT2D eigenvalue weighted by Gasteiger charge is -2.41. The molecule has 1 aliphatic carbocycles. The van der Waals surface area contributed by atoms with E-state index < -0.39 is 0 Å². The SMILES string of the molecule is CC(C)OCC1(CNC2(CO)COC2)CC1. The maximum absolute atomic E-state index is 9.30. The lowest BCUT2D eigenvalue weighted by molar-refractivity contribution is -0.100. The summed E-state index contributed by atoms with van der Waals surface area (Å²) >= 11 is 0. The van der Waals surface area contributed by atoms with Gasteiger partial charge in [0.15, 0.2) is 0 Å². The number of aliphatic hydroxyl groups is 1. The zero-order valence-electron chi connectivity index (χ0n) is 10.3. The molecule has 2 aliphatic rings. The van der Waals surface area contributed by atoms with E-state index in [0.29, 0.717) is 24.7 Å². The van der Waals surface area contributed by atoms with Crippen molar-refractivity contribution >= 4 is 0 Å². The fourth-order valence-electron chi connectivity index (χ4n) is 1.87. The molecule has 0 atom stereocenters. The van der Waals surface area contributed by atoms with Crippen LogP contribution < -0.4 is 5.32 Å². The number of hydrogen-bond acceptors (Lipinski definition) is 4. The van der Waals surface area contributed by atoms with Gasteiger partial charge in [0.05, 0.1) is 38.1 Å². The normalized spacial score (nSPS) is 25.5. The second-order valence-electron chi connectivity index (χ2n) is 5.64. The van der Waals surface area contributed by atoms with Gasteiger partial charge in [0.25, 0.3) is 0 Å². The Morgan fingerprint density at radius 3 is 2.44 bits per heavy atom. The highest BCUT2D eigenvalue weighted by Crippen LogP contribution is 2.45. The van der Waals surface area contributed by atoms with E-state index in [1.54, 1.807) is 0 Å². The lowest BCUT2D eigenvalue weighted by Crippen LogP contribution is -2.64. The topological polar surface area (TPSA) is 50.7 Å². The highest BCUT2D eigenvalue weighted by atomic mass is 16.5. The molecule has 0 spiro atoms. The third-order valence-electron chi connectivity index (χ3n) is 3.58. The molecule has 16 heavy (non-hydrogen) atoms. The maximum Gasteiger partial charge on any atom is 0.0887 e. The zero-order valence-corrected chi connectivity index (χ0v) is 10.3. The summed E-state index contributed by atoms with van der Waals surface area (Å²) in [6, 6.07) is 0. The molecular formula is C12H23NO3. The fourth-order valence-corrected chi connectivity index (χ4v) is 1.87. The van der Waals surface area contributed by atoms with E-state index in [1.807, 2.05) is 0 Å². The first kappa shape index (κ1) is 12.3. The van der Waals surface area contributed by atoms with Crippen LogP contribution in [-0.2, 0) is 9.47 Å². The summed E-state index contributed by atoms with van der Waals surface area (Å²) in [5.74, 6) is 0. The van der Waals surface area contributed by atoms with E-state index in [0.717, 1.165) is 13.2 Å². The lowest BCUT2D eigenvalue weighted by atomic mass is 9.97. The molecule has 0 aromatic heterocycles. The summed E-state index contributed by atoms with van der Waals surface area (Å²) in [4.78, 5) is 0. The number of hydrogen-bond donors (Lipinski definition) is 2. The van der Waals surface area contributed by atoms with Crippen molar-refractivity contribution in [3.05, 3.63) is 0 Å². The van der Waals surface area contributed by atoms with E-state index in [-0.39, 0.29) is 12.1 Å². The Kier molecular flexibility index (Phi) is 3.54. The summed E-state index contributed by atoms with van der Waals surface area (Å²) in [6.07, 6.45) is 2.76. The third kappa shape index (κ3) is 2.74. The Labute approximate surface area is 97.3 Å². The van der Waals surface area contributed by atoms with Crippen molar-refractivity contribution in [2.75, 3.05) is 33.0 Å². The average molecular weight is 229 g/mol. The van der Waals surface area contributed by atoms with E-state index >= 15 is 0 Å². The summed E-state index contributed by atoms with van der Waals surface area (Å²) < 4.78 is 10.8. The summed E-state index contributed by atoms with van der Waals surface area (Å²) in [7, 11) is 0. The van der Waals surface area contributed by atoms with Crippen molar-refractivity contribution in [3.63, 3.8) is 0 Å². The molecule has 1 aliphatic heterocycles. The summed E-state index contributed by atoms with van der Waals surface area (Å²) in [6.45, 7) is 7.32. The van der Waals surface area contributed by atoms with Crippen molar-refractivity contribution in [2.24, 2.45) is 5.41 Å². The van der Waals surface area contributed by atoms with Gasteiger partial charge >= 0.3 is 0 Å². The van der Waals surface area contributed by atoms with E-state index in [9.17, 15) is 5.11 Å². The number of rotatable bonds is 7. The molecule has 4 heteroatoms. The highest BCUT2D eigenvalue weighted by molar-refractivity contribution is 5.01. The van der Waals surface area contributed by atoms with Crippen molar-refractivity contribution in [2.45, 2.75) is 38.3 Å². The number of nitrogens with one attached hydrogen (secondary N) is 1. The molecule has 94 valence electrons. The predicted molar refractivity (Wildman–Crippen MR) is 61.4 cm³/mol. The van der Waals surface area contributed by atoms with Crippen LogP contribution >= 0.6 is 0 Å². The molecule has 0 amide bonds. The highest BCUT2D eigenvalue weighted by Gasteiger charge is 2.46. The first-order chi connectivity index (χ1) is 7.60. The first-order valence-corrected chi connectivity index (χ1v) is 6.15. The Morgan fingerprint density at radius 2 is 2.06 bits per heavy atom. The largest absolute Gasteiger partial charge is 0.394 e. The van der Waals surface area contributed by atoms with Crippen molar-refractivity contribution < 1.29 is 14.6 Å². The molecule has 0 radical (unpaired) electrons. The summed E-state index contributed by atoms with van der Waals surface area (Å²) in [5.41, 5.74) is 0.148. The molecule has 0 bridgehead atoms. The monoisotopic (exact) mass is 229 g/mol. The molecule has 1 saturated carbocycles. The molecule has 0 aromatic rings. The Balaban J connectivity index is 1.72. The zero-order chi connectivity index (χ0) is 11.6. The van der Waals surface area contributed by atoms with Gasteiger partial charge in [0.1, 0.15) is 0 Å². The standard InChI is InChI=1S/C12H23NO3/c1-10(2)16-7-11(3-4-11)5-13-12(6-14)8-15-9-12/h10,13-14H,3-9H2,1-2H3. The molecule has 2 fully saturated rings. The quantitative estimate of drug-likeness (QED) is 0.669. The van der Waals surface area contributed by atoms with Crippen LogP contribution in [0.15, 0.2) is 0 Å². The Bertz CT molecular complexity index is 229. The third-order valence-corrected chi connectivity index (χ3v) is 3.58. The first-order valence-electron chi connectivity index (χ1n) is 6.15. The van der Waals surface area contributed by atoms with Crippen LogP contribution in [0, 0.1) is 5.41 Å². The van der Waals surface area contributed by atoms with Gasteiger partial charge in [-0.05, 0) is 26.7 Å². The molecule has 0 aromatic carbocycles. The second kappa shape index (κ2) is 4.61. The average Bonchev–Trinajstić information content (AvgIpc) is 2.95. The van der Waals surface area contributed by atoms with Crippen molar-refractivity contribution in [1.82, 2.24) is 5.32 Å². The van der Waals surface area contributed by atoms with E-state index in [2.05, 4.69) is 19.2 Å². The van der Waals surface area contributed by atoms with Crippen LogP contribution in [0.5, 0.6) is 0 Å². The molecule has 0 unspecified atom stereocenters. The molecule has 1 saturated heterocycles. The summed E-state index contributed by atoms with van der Waals surface area (Å²) in [5, 5.41) is 12.8. The van der Waals surface area contributed by atoms with Crippen LogP contribution in [0.1, 0.15) is 26.7 Å². The number of aliphatic hydroxyl groups excluding tert-OH is 1. The van der Waals surface area contributed by atoms with E-state index in [4.69, 9.17) is 9.47 Å². The van der Waals surface area contributed by atoms with Crippen LogP contribution in [0.4, 0.5) is 0 Å². The molecule has 1 heterocycles.